The molecule has 2 N–H and O–H groups in total. The number of carbonyl (C=O) groups is 1. The number of hydrogen-bond acceptors (Lipinski definition) is 6. The maximum Gasteiger partial charge on any atom is 0.357 e. The number of ether oxygens (including phenoxy) is 1. The van der Waals surface area contributed by atoms with Gasteiger partial charge < -0.3 is 10.1 Å². The summed E-state index contributed by atoms with van der Waals surface area (Å²) in [5.41, 5.74) is 0.107. The minimum Gasteiger partial charge on any atom is -0.464 e. The number of hydrogen-bond donors (Lipinski definition) is 2. The number of nitrogens with zero attached hydrogens (tertiary/aromatic N) is 1. The first kappa shape index (κ1) is 18.8. The number of nitrogens with one attached hydrogen (secondary N) is 2. The number of methoxy groups -OCH3 is 1. The molecule has 1 aliphatic heterocycles. The van der Waals surface area contributed by atoms with E-state index in [2.05, 4.69) is 15.0 Å². The first-order valence-corrected chi connectivity index (χ1v) is 10.2. The third-order valence-electron chi connectivity index (χ3n) is 4.68. The molecule has 0 radical (unpaired) electrons. The van der Waals surface area contributed by atoms with E-state index in [1.807, 2.05) is 0 Å². The molecule has 1 saturated heterocycles. The summed E-state index contributed by atoms with van der Waals surface area (Å²) in [5, 5.41) is 4.24. The summed E-state index contributed by atoms with van der Waals surface area (Å²) >= 11 is 0. The largest absolute Gasteiger partial charge is 0.464 e. The van der Waals surface area contributed by atoms with Crippen molar-refractivity contribution in [2.24, 2.45) is 5.92 Å². The van der Waals surface area contributed by atoms with Crippen molar-refractivity contribution in [2.75, 3.05) is 26.7 Å². The first-order valence-electron chi connectivity index (χ1n) is 8.69. The lowest BCUT2D eigenvalue weighted by Gasteiger charge is -2.22. The molecule has 1 fully saturated rings. The van der Waals surface area contributed by atoms with E-state index in [4.69, 9.17) is 4.74 Å². The number of aromatic nitrogens is 1. The fourth-order valence-corrected chi connectivity index (χ4v) is 4.58. The van der Waals surface area contributed by atoms with E-state index in [9.17, 15) is 13.2 Å². The molecule has 8 heteroatoms. The van der Waals surface area contributed by atoms with Crippen LogP contribution < -0.4 is 10.0 Å². The predicted molar refractivity (Wildman–Crippen MR) is 98.5 cm³/mol. The van der Waals surface area contributed by atoms with Crippen LogP contribution >= 0.6 is 0 Å². The molecule has 1 aromatic heterocycles. The quantitative estimate of drug-likeness (QED) is 0.744. The molecule has 2 aromatic rings. The smallest absolute Gasteiger partial charge is 0.357 e. The lowest BCUT2D eigenvalue weighted by atomic mass is 9.96. The normalized spacial score (nSPS) is 18.0. The van der Waals surface area contributed by atoms with Crippen LogP contribution in [0.5, 0.6) is 0 Å². The van der Waals surface area contributed by atoms with Gasteiger partial charge in [0.15, 0.2) is 5.69 Å². The highest BCUT2D eigenvalue weighted by Gasteiger charge is 2.21. The van der Waals surface area contributed by atoms with Crippen molar-refractivity contribution in [2.45, 2.75) is 24.2 Å². The summed E-state index contributed by atoms with van der Waals surface area (Å²) in [6.45, 7) is 2.36. The zero-order chi connectivity index (χ0) is 18.6. The third kappa shape index (κ3) is 4.03. The van der Waals surface area contributed by atoms with Gasteiger partial charge in [0, 0.05) is 23.5 Å². The van der Waals surface area contributed by atoms with Crippen LogP contribution in [-0.4, -0.2) is 46.1 Å². The van der Waals surface area contributed by atoms with E-state index in [1.165, 1.54) is 19.4 Å². The van der Waals surface area contributed by atoms with Crippen molar-refractivity contribution in [3.63, 3.8) is 0 Å². The number of benzene rings is 1. The van der Waals surface area contributed by atoms with Crippen LogP contribution in [-0.2, 0) is 14.8 Å². The van der Waals surface area contributed by atoms with Gasteiger partial charge in [-0.2, -0.15) is 0 Å². The van der Waals surface area contributed by atoms with E-state index in [1.54, 1.807) is 18.2 Å². The molecule has 0 aliphatic carbocycles. The highest BCUT2D eigenvalue weighted by molar-refractivity contribution is 7.89. The number of piperidine rings is 1. The second-order valence-corrected chi connectivity index (χ2v) is 8.14. The Morgan fingerprint density at radius 2 is 2.19 bits per heavy atom. The number of carbonyl (C=O) groups excluding carboxylic acids is 1. The van der Waals surface area contributed by atoms with Crippen LogP contribution in [0.15, 0.2) is 35.4 Å². The maximum absolute atomic E-state index is 12.8. The van der Waals surface area contributed by atoms with Gasteiger partial charge in [-0.3, -0.25) is 0 Å². The molecule has 3 rings (SSSR count). The van der Waals surface area contributed by atoms with E-state index in [-0.39, 0.29) is 10.6 Å². The van der Waals surface area contributed by atoms with Crippen molar-refractivity contribution in [1.29, 1.82) is 0 Å². The Bertz CT molecular complexity index is 892. The van der Waals surface area contributed by atoms with Crippen LogP contribution in [0.3, 0.4) is 0 Å². The molecule has 0 spiro atoms. The molecule has 7 nitrogen and oxygen atoms in total. The van der Waals surface area contributed by atoms with Crippen LogP contribution in [0, 0.1) is 5.92 Å². The first-order chi connectivity index (χ1) is 12.5. The molecule has 1 unspecified atom stereocenters. The molecule has 0 amide bonds. The highest BCUT2D eigenvalue weighted by Crippen LogP contribution is 2.25. The molecule has 140 valence electrons. The molecule has 1 aromatic carbocycles. The van der Waals surface area contributed by atoms with Gasteiger partial charge in [0.05, 0.1) is 12.0 Å². The average Bonchev–Trinajstić information content (AvgIpc) is 2.67. The standard InChI is InChI=1S/C18H23N3O4S/c1-25-18(22)17-15-5-2-6-16(14(15)8-10-20-17)26(23,24)21-11-7-13-4-3-9-19-12-13/h2,5-6,8,10,13,19,21H,3-4,7,9,11-12H2,1H3. The fraction of sp³-hybridized carbons (Fsp3) is 0.444. The Hall–Kier alpha value is -2.03. The van der Waals surface area contributed by atoms with Crippen molar-refractivity contribution in [1.82, 2.24) is 15.0 Å². The van der Waals surface area contributed by atoms with Gasteiger partial charge in [-0.1, -0.05) is 12.1 Å². The topological polar surface area (TPSA) is 97.4 Å². The Kier molecular flexibility index (Phi) is 5.85. The van der Waals surface area contributed by atoms with Gasteiger partial charge in [0.1, 0.15) is 0 Å². The molecule has 26 heavy (non-hydrogen) atoms. The molecule has 1 aliphatic rings. The molecule has 0 saturated carbocycles. The minimum atomic E-state index is -3.69. The van der Waals surface area contributed by atoms with Gasteiger partial charge in [-0.25, -0.2) is 22.9 Å². The monoisotopic (exact) mass is 377 g/mol. The SMILES string of the molecule is COC(=O)c1nccc2c(S(=O)(=O)NCCC3CCCNC3)cccc12. The number of rotatable bonds is 6. The molecule has 0 bridgehead atoms. The van der Waals surface area contributed by atoms with Gasteiger partial charge in [0.25, 0.3) is 0 Å². The summed E-state index contributed by atoms with van der Waals surface area (Å²) in [6, 6.07) is 6.41. The molecule has 1 atom stereocenters. The van der Waals surface area contributed by atoms with E-state index < -0.39 is 16.0 Å². The lowest BCUT2D eigenvalue weighted by molar-refractivity contribution is 0.0596. The molecular formula is C18H23N3O4S. The van der Waals surface area contributed by atoms with Crippen molar-refractivity contribution < 1.29 is 17.9 Å². The van der Waals surface area contributed by atoms with E-state index >= 15 is 0 Å². The maximum atomic E-state index is 12.8. The van der Waals surface area contributed by atoms with Gasteiger partial charge in [-0.05, 0) is 50.4 Å². The Balaban J connectivity index is 1.83. The lowest BCUT2D eigenvalue weighted by Crippen LogP contribution is -2.33. The van der Waals surface area contributed by atoms with Crippen molar-refractivity contribution in [3.05, 3.63) is 36.2 Å². The van der Waals surface area contributed by atoms with Crippen molar-refractivity contribution in [3.8, 4) is 0 Å². The number of esters is 1. The third-order valence-corrected chi connectivity index (χ3v) is 6.20. The Morgan fingerprint density at radius 3 is 2.92 bits per heavy atom. The fourth-order valence-electron chi connectivity index (χ4n) is 3.32. The Morgan fingerprint density at radius 1 is 1.35 bits per heavy atom. The molecular weight excluding hydrogens is 354 g/mol. The summed E-state index contributed by atoms with van der Waals surface area (Å²) in [5.74, 6) is -0.1000. The average molecular weight is 377 g/mol. The van der Waals surface area contributed by atoms with Crippen molar-refractivity contribution >= 4 is 26.8 Å². The van der Waals surface area contributed by atoms with E-state index in [0.717, 1.165) is 32.4 Å². The summed E-state index contributed by atoms with van der Waals surface area (Å²) < 4.78 is 33.0. The summed E-state index contributed by atoms with van der Waals surface area (Å²) in [4.78, 5) is 16.1. The molecule has 2 heterocycles. The van der Waals surface area contributed by atoms with Gasteiger partial charge >= 0.3 is 5.97 Å². The zero-order valence-electron chi connectivity index (χ0n) is 14.7. The number of sulfonamides is 1. The predicted octanol–water partition coefficient (Wildman–Crippen LogP) is 1.69. The van der Waals surface area contributed by atoms with Gasteiger partial charge in [-0.15, -0.1) is 0 Å². The minimum absolute atomic E-state index is 0.107. The zero-order valence-corrected chi connectivity index (χ0v) is 15.5. The van der Waals surface area contributed by atoms with Crippen LogP contribution in [0.25, 0.3) is 10.8 Å². The van der Waals surface area contributed by atoms with Gasteiger partial charge in [0.2, 0.25) is 10.0 Å². The second-order valence-electron chi connectivity index (χ2n) is 6.40. The second kappa shape index (κ2) is 8.11. The number of pyridine rings is 1. The Labute approximate surface area is 153 Å². The van der Waals surface area contributed by atoms with Crippen LogP contribution in [0.2, 0.25) is 0 Å². The highest BCUT2D eigenvalue weighted by atomic mass is 32.2. The summed E-state index contributed by atoms with van der Waals surface area (Å²) in [7, 11) is -2.42. The number of fused-ring (bicyclic) bond motifs is 1. The van der Waals surface area contributed by atoms with Crippen LogP contribution in [0.4, 0.5) is 0 Å². The van der Waals surface area contributed by atoms with Crippen LogP contribution in [0.1, 0.15) is 29.8 Å². The summed E-state index contributed by atoms with van der Waals surface area (Å²) in [6.07, 6.45) is 4.47. The van der Waals surface area contributed by atoms with E-state index in [0.29, 0.717) is 23.2 Å².